The number of nitrogens with one attached hydrogen (secondary N) is 1. The Balaban J connectivity index is 1.43. The van der Waals surface area contributed by atoms with Crippen LogP contribution in [-0.4, -0.2) is 59.7 Å². The Bertz CT molecular complexity index is 1450. The molecule has 0 bridgehead atoms. The van der Waals surface area contributed by atoms with Crippen LogP contribution in [0.15, 0.2) is 79.0 Å². The number of carbonyl (C=O) groups is 1. The molecule has 3 aromatic carbocycles. The Morgan fingerprint density at radius 2 is 1.80 bits per heavy atom. The first-order valence-corrected chi connectivity index (χ1v) is 13.6. The normalized spacial score (nSPS) is 14.7. The average molecular weight is 545 g/mol. The van der Waals surface area contributed by atoms with Crippen molar-refractivity contribution in [3.05, 3.63) is 112 Å². The molecule has 8 nitrogen and oxygen atoms in total. The molecule has 0 aliphatic carbocycles. The van der Waals surface area contributed by atoms with Crippen LogP contribution in [0.4, 0.5) is 10.1 Å². The number of nitrogens with zero attached hydrogens (tertiary/aromatic N) is 3. The maximum atomic E-state index is 13.8. The molecule has 1 fully saturated rings. The summed E-state index contributed by atoms with van der Waals surface area (Å²) in [4.78, 5) is 26.8. The number of morpholine rings is 1. The second-order valence-corrected chi connectivity index (χ2v) is 10.1. The Morgan fingerprint density at radius 3 is 2.52 bits per heavy atom. The third-order valence-corrected chi connectivity index (χ3v) is 7.42. The van der Waals surface area contributed by atoms with Gasteiger partial charge in [-0.25, -0.2) is 4.39 Å². The lowest BCUT2D eigenvalue weighted by atomic mass is 9.88. The van der Waals surface area contributed by atoms with E-state index in [0.29, 0.717) is 18.5 Å². The number of rotatable bonds is 11. The van der Waals surface area contributed by atoms with E-state index in [1.165, 1.54) is 18.2 Å². The van der Waals surface area contributed by atoms with Crippen molar-refractivity contribution in [3.63, 3.8) is 0 Å². The fourth-order valence-corrected chi connectivity index (χ4v) is 5.33. The van der Waals surface area contributed by atoms with E-state index >= 15 is 0 Å². The number of fused-ring (bicyclic) bond motifs is 1. The fraction of sp³-hybridized carbons (Fsp3) is 0.323. The van der Waals surface area contributed by atoms with Gasteiger partial charge in [0.15, 0.2) is 0 Å². The number of hydrogen-bond donors (Lipinski definition) is 1. The van der Waals surface area contributed by atoms with E-state index in [1.54, 1.807) is 24.3 Å². The number of non-ortho nitro benzene ring substituents is 1. The summed E-state index contributed by atoms with van der Waals surface area (Å²) in [6.45, 7) is 5.29. The van der Waals surface area contributed by atoms with Gasteiger partial charge in [0.25, 0.3) is 5.69 Å². The molecule has 1 amide bonds. The van der Waals surface area contributed by atoms with Gasteiger partial charge in [0.05, 0.1) is 18.1 Å². The summed E-state index contributed by atoms with van der Waals surface area (Å²) in [5.74, 6) is -0.899. The Hall–Kier alpha value is -4.08. The number of ether oxygens (including phenoxy) is 1. The van der Waals surface area contributed by atoms with Gasteiger partial charge in [-0.3, -0.25) is 19.8 Å². The Morgan fingerprint density at radius 1 is 1.05 bits per heavy atom. The monoisotopic (exact) mass is 544 g/mol. The largest absolute Gasteiger partial charge is 0.379 e. The van der Waals surface area contributed by atoms with Crippen LogP contribution >= 0.6 is 0 Å². The van der Waals surface area contributed by atoms with Crippen molar-refractivity contribution >= 4 is 22.5 Å². The predicted octanol–water partition coefficient (Wildman–Crippen LogP) is 5.10. The van der Waals surface area contributed by atoms with Crippen LogP contribution in [0.2, 0.25) is 0 Å². The van der Waals surface area contributed by atoms with Gasteiger partial charge in [-0.1, -0.05) is 42.5 Å². The van der Waals surface area contributed by atoms with Gasteiger partial charge in [-0.15, -0.1) is 0 Å². The first kappa shape index (κ1) is 27.5. The van der Waals surface area contributed by atoms with E-state index in [9.17, 15) is 19.3 Å². The van der Waals surface area contributed by atoms with E-state index in [2.05, 4.69) is 14.8 Å². The van der Waals surface area contributed by atoms with Gasteiger partial charge >= 0.3 is 0 Å². The van der Waals surface area contributed by atoms with E-state index in [0.717, 1.165) is 61.5 Å². The number of benzene rings is 3. The van der Waals surface area contributed by atoms with Crippen LogP contribution in [0.5, 0.6) is 0 Å². The van der Waals surface area contributed by atoms with Gasteiger partial charge in [-0.2, -0.15) is 0 Å². The van der Waals surface area contributed by atoms with Crippen molar-refractivity contribution in [3.8, 4) is 0 Å². The van der Waals surface area contributed by atoms with Gasteiger partial charge in [0, 0.05) is 67.8 Å². The molecule has 0 saturated carbocycles. The molecular formula is C31H33FN4O4. The number of nitro benzene ring substituents is 1. The highest BCUT2D eigenvalue weighted by Crippen LogP contribution is 2.37. The van der Waals surface area contributed by atoms with Crippen LogP contribution in [0, 0.1) is 15.9 Å². The number of amides is 1. The molecule has 1 saturated heterocycles. The molecule has 1 aliphatic rings. The second-order valence-electron chi connectivity index (χ2n) is 10.1. The predicted molar refractivity (Wildman–Crippen MR) is 152 cm³/mol. The molecule has 4 aromatic rings. The molecule has 40 heavy (non-hydrogen) atoms. The molecule has 2 heterocycles. The lowest BCUT2D eigenvalue weighted by Gasteiger charge is -2.26. The van der Waals surface area contributed by atoms with Crippen LogP contribution in [-0.2, 0) is 16.1 Å². The van der Waals surface area contributed by atoms with Crippen molar-refractivity contribution in [1.82, 2.24) is 14.8 Å². The summed E-state index contributed by atoms with van der Waals surface area (Å²) in [6.07, 6.45) is 2.94. The zero-order valence-corrected chi connectivity index (χ0v) is 22.3. The molecule has 1 N–H and O–H groups in total. The smallest absolute Gasteiger partial charge is 0.270 e. The van der Waals surface area contributed by atoms with Gasteiger partial charge < -0.3 is 14.6 Å². The maximum absolute atomic E-state index is 13.8. The SMILES string of the molecule is O=C(CC(c1ccc(F)cc1)c1cn(Cc2ccccc2)c2ccc([N+](=O)[O-])cc12)NCCCN1CCOCC1. The first-order valence-electron chi connectivity index (χ1n) is 13.6. The maximum Gasteiger partial charge on any atom is 0.270 e. The lowest BCUT2D eigenvalue weighted by Crippen LogP contribution is -2.38. The van der Waals surface area contributed by atoms with E-state index in [1.807, 2.05) is 36.5 Å². The van der Waals surface area contributed by atoms with Gasteiger partial charge in [-0.05, 0) is 47.9 Å². The van der Waals surface area contributed by atoms with Crippen LogP contribution in [0.1, 0.15) is 35.4 Å². The van der Waals surface area contributed by atoms with Crippen LogP contribution < -0.4 is 5.32 Å². The topological polar surface area (TPSA) is 89.6 Å². The second kappa shape index (κ2) is 12.8. The van der Waals surface area contributed by atoms with Crippen molar-refractivity contribution < 1.29 is 18.8 Å². The van der Waals surface area contributed by atoms with Gasteiger partial charge in [0.2, 0.25) is 5.91 Å². The fourth-order valence-electron chi connectivity index (χ4n) is 5.33. The number of halogens is 1. The molecule has 0 radical (unpaired) electrons. The number of hydrogen-bond acceptors (Lipinski definition) is 5. The Kier molecular flexibility index (Phi) is 8.83. The van der Waals surface area contributed by atoms with Gasteiger partial charge in [0.1, 0.15) is 5.82 Å². The molecule has 5 rings (SSSR count). The number of carbonyl (C=O) groups excluding carboxylic acids is 1. The minimum Gasteiger partial charge on any atom is -0.379 e. The van der Waals surface area contributed by atoms with Crippen molar-refractivity contribution in [2.24, 2.45) is 0 Å². The lowest BCUT2D eigenvalue weighted by molar-refractivity contribution is -0.384. The highest BCUT2D eigenvalue weighted by atomic mass is 19.1. The van der Waals surface area contributed by atoms with Crippen LogP contribution in [0.3, 0.4) is 0 Å². The average Bonchev–Trinajstić information content (AvgIpc) is 3.33. The highest BCUT2D eigenvalue weighted by molar-refractivity contribution is 5.88. The number of aromatic nitrogens is 1. The minimum absolute atomic E-state index is 0.0170. The molecule has 9 heteroatoms. The zero-order valence-electron chi connectivity index (χ0n) is 22.3. The van der Waals surface area contributed by atoms with E-state index in [-0.39, 0.29) is 23.8 Å². The molecule has 1 atom stereocenters. The number of nitro groups is 1. The molecule has 1 aromatic heterocycles. The molecule has 208 valence electrons. The van der Waals surface area contributed by atoms with E-state index < -0.39 is 10.8 Å². The molecule has 1 unspecified atom stereocenters. The standard InChI is InChI=1S/C31H33FN4O4/c32-25-9-7-24(8-10-25)27(20-31(37)33-13-4-14-34-15-17-40-18-16-34)29-22-35(21-23-5-2-1-3-6-23)30-12-11-26(36(38)39)19-28(29)30/h1-3,5-12,19,22,27H,4,13-18,20-21H2,(H,33,37). The van der Waals surface area contributed by atoms with E-state index in [4.69, 9.17) is 4.74 Å². The summed E-state index contributed by atoms with van der Waals surface area (Å²) in [6, 6.07) is 20.9. The molecular weight excluding hydrogens is 511 g/mol. The third kappa shape index (κ3) is 6.73. The summed E-state index contributed by atoms with van der Waals surface area (Å²) in [5, 5.41) is 15.4. The minimum atomic E-state index is -0.415. The summed E-state index contributed by atoms with van der Waals surface area (Å²) in [7, 11) is 0. The Labute approximate surface area is 232 Å². The zero-order chi connectivity index (χ0) is 27.9. The third-order valence-electron chi connectivity index (χ3n) is 7.42. The molecule has 0 spiro atoms. The highest BCUT2D eigenvalue weighted by Gasteiger charge is 2.24. The van der Waals surface area contributed by atoms with Crippen LogP contribution in [0.25, 0.3) is 10.9 Å². The summed E-state index contributed by atoms with van der Waals surface area (Å²) >= 11 is 0. The van der Waals surface area contributed by atoms with Crippen molar-refractivity contribution in [1.29, 1.82) is 0 Å². The first-order chi connectivity index (χ1) is 19.5. The van der Waals surface area contributed by atoms with Crippen molar-refractivity contribution in [2.45, 2.75) is 25.3 Å². The van der Waals surface area contributed by atoms with Crippen molar-refractivity contribution in [2.75, 3.05) is 39.4 Å². The quantitative estimate of drug-likeness (QED) is 0.161. The summed E-state index contributed by atoms with van der Waals surface area (Å²) in [5.41, 5.74) is 3.47. The summed E-state index contributed by atoms with van der Waals surface area (Å²) < 4.78 is 21.3. The molecule has 1 aliphatic heterocycles.